The molecule has 35 heavy (non-hydrogen) atoms. The van der Waals surface area contributed by atoms with E-state index in [4.69, 9.17) is 4.74 Å². The molecule has 0 aliphatic carbocycles. The molecule has 0 saturated carbocycles. The maximum absolute atomic E-state index is 13.4. The summed E-state index contributed by atoms with van der Waals surface area (Å²) in [5, 5.41) is 11.5. The molecule has 6 nitrogen and oxygen atoms in total. The number of ketones is 1. The van der Waals surface area contributed by atoms with Crippen molar-refractivity contribution >= 4 is 23.1 Å². The minimum atomic E-state index is -0.785. The Morgan fingerprint density at radius 3 is 2.43 bits per heavy atom. The Labute approximate surface area is 205 Å². The topological polar surface area (TPSA) is 79.7 Å². The van der Waals surface area contributed by atoms with Crippen LogP contribution in [0.3, 0.4) is 0 Å². The predicted molar refractivity (Wildman–Crippen MR) is 137 cm³/mol. The van der Waals surface area contributed by atoms with Crippen LogP contribution in [0.1, 0.15) is 60.5 Å². The maximum Gasteiger partial charge on any atom is 0.300 e. The summed E-state index contributed by atoms with van der Waals surface area (Å²) in [6, 6.07) is 13.9. The minimum absolute atomic E-state index is 0.0565. The number of Topliss-reactive ketones (excluding diaryl/α,β-unsaturated/α-hetero) is 1. The Hall–Kier alpha value is -3.93. The number of benzene rings is 2. The molecule has 1 aliphatic rings. The molecule has 1 aromatic heterocycles. The fourth-order valence-electron chi connectivity index (χ4n) is 4.51. The maximum atomic E-state index is 13.4. The zero-order chi connectivity index (χ0) is 25.3. The number of carbonyl (C=O) groups excluding carboxylic acids is 2. The number of hydrogen-bond donors (Lipinski definition) is 1. The third-order valence-corrected chi connectivity index (χ3v) is 6.30. The largest absolute Gasteiger partial charge is 0.507 e. The number of aliphatic hydroxyl groups excluding tert-OH is 1. The van der Waals surface area contributed by atoms with Gasteiger partial charge in [-0.25, -0.2) is 0 Å². The molecule has 2 aromatic carbocycles. The van der Waals surface area contributed by atoms with E-state index in [1.54, 1.807) is 36.7 Å². The Balaban J connectivity index is 1.95. The zero-order valence-electron chi connectivity index (χ0n) is 20.7. The summed E-state index contributed by atoms with van der Waals surface area (Å²) in [7, 11) is 0. The molecule has 1 atom stereocenters. The number of pyridine rings is 1. The molecule has 4 rings (SSSR count). The van der Waals surface area contributed by atoms with E-state index in [1.165, 1.54) is 4.90 Å². The molecule has 180 valence electrons. The molecule has 1 saturated heterocycles. The van der Waals surface area contributed by atoms with E-state index in [0.717, 1.165) is 22.4 Å². The van der Waals surface area contributed by atoms with Crippen LogP contribution in [0.15, 0.2) is 66.5 Å². The molecular weight excluding hydrogens is 440 g/mol. The van der Waals surface area contributed by atoms with Crippen LogP contribution >= 0.6 is 0 Å². The molecule has 1 N–H and O–H groups in total. The average molecular weight is 471 g/mol. The summed E-state index contributed by atoms with van der Waals surface area (Å²) in [6.07, 6.45) is 3.23. The highest BCUT2D eigenvalue weighted by Gasteiger charge is 2.47. The van der Waals surface area contributed by atoms with Crippen LogP contribution in [-0.2, 0) is 9.59 Å². The fraction of sp³-hybridized carbons (Fsp3) is 0.276. The van der Waals surface area contributed by atoms with Gasteiger partial charge in [0.1, 0.15) is 11.5 Å². The summed E-state index contributed by atoms with van der Waals surface area (Å²) in [4.78, 5) is 32.4. The minimum Gasteiger partial charge on any atom is -0.507 e. The van der Waals surface area contributed by atoms with Gasteiger partial charge >= 0.3 is 0 Å². The van der Waals surface area contributed by atoms with E-state index in [2.05, 4.69) is 4.98 Å². The van der Waals surface area contributed by atoms with Crippen molar-refractivity contribution in [3.05, 3.63) is 94.3 Å². The number of amides is 1. The molecule has 2 heterocycles. The molecule has 0 radical (unpaired) electrons. The van der Waals surface area contributed by atoms with Crippen molar-refractivity contribution in [1.29, 1.82) is 0 Å². The number of rotatable bonds is 6. The Kier molecular flexibility index (Phi) is 6.74. The van der Waals surface area contributed by atoms with Crippen LogP contribution in [0, 0.1) is 13.8 Å². The highest BCUT2D eigenvalue weighted by molar-refractivity contribution is 6.51. The first kappa shape index (κ1) is 24.2. The number of hydrogen-bond acceptors (Lipinski definition) is 5. The molecule has 6 heteroatoms. The second-order valence-corrected chi connectivity index (χ2v) is 9.08. The quantitative estimate of drug-likeness (QED) is 0.278. The van der Waals surface area contributed by atoms with Crippen molar-refractivity contribution in [3.8, 4) is 5.75 Å². The van der Waals surface area contributed by atoms with Crippen LogP contribution in [0.5, 0.6) is 5.75 Å². The molecule has 3 aromatic rings. The van der Waals surface area contributed by atoms with Gasteiger partial charge in [-0.2, -0.15) is 0 Å². The number of aryl methyl sites for hydroxylation is 2. The van der Waals surface area contributed by atoms with Crippen molar-refractivity contribution in [2.75, 3.05) is 11.5 Å². The zero-order valence-corrected chi connectivity index (χ0v) is 20.7. The van der Waals surface area contributed by atoms with E-state index in [1.807, 2.05) is 58.9 Å². The smallest absolute Gasteiger partial charge is 0.300 e. The van der Waals surface area contributed by atoms with Crippen LogP contribution in [0.4, 0.5) is 5.69 Å². The highest BCUT2D eigenvalue weighted by atomic mass is 16.5. The van der Waals surface area contributed by atoms with Gasteiger partial charge in [-0.1, -0.05) is 26.0 Å². The van der Waals surface area contributed by atoms with Gasteiger partial charge in [-0.05, 0) is 85.3 Å². The lowest BCUT2D eigenvalue weighted by atomic mass is 9.93. The van der Waals surface area contributed by atoms with E-state index in [-0.39, 0.29) is 17.3 Å². The van der Waals surface area contributed by atoms with E-state index >= 15 is 0 Å². The number of carbonyl (C=O) groups is 2. The lowest BCUT2D eigenvalue weighted by Crippen LogP contribution is -2.30. The molecule has 0 spiro atoms. The SMILES string of the molecule is CCOc1ccc(/C(O)=C2/C(=O)C(=O)N(c3cc(C)ccc3C)C2c2ccncc2)cc1C(C)C. The molecule has 1 unspecified atom stereocenters. The number of nitrogens with zero attached hydrogens (tertiary/aromatic N) is 2. The first-order valence-electron chi connectivity index (χ1n) is 11.8. The summed E-state index contributed by atoms with van der Waals surface area (Å²) in [6.45, 7) is 10.4. The van der Waals surface area contributed by atoms with Gasteiger partial charge in [0, 0.05) is 23.6 Å². The molecular formula is C29H30N2O4. The van der Waals surface area contributed by atoms with Crippen molar-refractivity contribution in [2.24, 2.45) is 0 Å². The van der Waals surface area contributed by atoms with Gasteiger partial charge in [0.15, 0.2) is 0 Å². The van der Waals surface area contributed by atoms with Gasteiger partial charge in [0.25, 0.3) is 11.7 Å². The van der Waals surface area contributed by atoms with Crippen LogP contribution in [-0.4, -0.2) is 28.4 Å². The number of aliphatic hydroxyl groups is 1. The third kappa shape index (κ3) is 4.44. The van der Waals surface area contributed by atoms with Gasteiger partial charge < -0.3 is 9.84 Å². The second-order valence-electron chi connectivity index (χ2n) is 9.08. The Morgan fingerprint density at radius 1 is 1.06 bits per heavy atom. The summed E-state index contributed by atoms with van der Waals surface area (Å²) < 4.78 is 5.75. The highest BCUT2D eigenvalue weighted by Crippen LogP contribution is 2.43. The third-order valence-electron chi connectivity index (χ3n) is 6.30. The summed E-state index contributed by atoms with van der Waals surface area (Å²) in [5.41, 5.74) is 4.60. The standard InChI is InChI=1S/C29H30N2O4/c1-6-35-24-10-9-21(16-22(24)17(2)3)27(32)25-26(20-11-13-30-14-12-20)31(29(34)28(25)33)23-15-18(4)7-8-19(23)5/h7-17,26,32H,6H2,1-5H3/b27-25-. The number of aromatic nitrogens is 1. The normalized spacial score (nSPS) is 17.3. The molecule has 1 fully saturated rings. The fourth-order valence-corrected chi connectivity index (χ4v) is 4.51. The van der Waals surface area contributed by atoms with Crippen molar-refractivity contribution in [1.82, 2.24) is 4.98 Å². The second kappa shape index (κ2) is 9.74. The van der Waals surface area contributed by atoms with Crippen molar-refractivity contribution in [2.45, 2.75) is 46.6 Å². The summed E-state index contributed by atoms with van der Waals surface area (Å²) >= 11 is 0. The number of ether oxygens (including phenoxy) is 1. The average Bonchev–Trinajstić information content (AvgIpc) is 3.11. The predicted octanol–water partition coefficient (Wildman–Crippen LogP) is 5.85. The van der Waals surface area contributed by atoms with Gasteiger partial charge in [0.2, 0.25) is 0 Å². The van der Waals surface area contributed by atoms with Crippen LogP contribution in [0.2, 0.25) is 0 Å². The monoisotopic (exact) mass is 470 g/mol. The summed E-state index contributed by atoms with van der Waals surface area (Å²) in [5.74, 6) is -0.719. The molecule has 1 aliphatic heterocycles. The Bertz CT molecular complexity index is 1310. The molecule has 0 bridgehead atoms. The van der Waals surface area contributed by atoms with Crippen LogP contribution < -0.4 is 9.64 Å². The van der Waals surface area contributed by atoms with Crippen LogP contribution in [0.25, 0.3) is 5.76 Å². The Morgan fingerprint density at radius 2 is 1.77 bits per heavy atom. The van der Waals surface area contributed by atoms with Gasteiger partial charge in [-0.15, -0.1) is 0 Å². The number of anilines is 1. The first-order chi connectivity index (χ1) is 16.7. The van der Waals surface area contributed by atoms with E-state index in [9.17, 15) is 14.7 Å². The van der Waals surface area contributed by atoms with E-state index in [0.29, 0.717) is 23.4 Å². The van der Waals surface area contributed by atoms with Crippen molar-refractivity contribution in [3.63, 3.8) is 0 Å². The lowest BCUT2D eigenvalue weighted by molar-refractivity contribution is -0.132. The lowest BCUT2D eigenvalue weighted by Gasteiger charge is -2.27. The van der Waals surface area contributed by atoms with Gasteiger partial charge in [-0.3, -0.25) is 19.5 Å². The van der Waals surface area contributed by atoms with Crippen molar-refractivity contribution < 1.29 is 19.4 Å². The first-order valence-corrected chi connectivity index (χ1v) is 11.8. The van der Waals surface area contributed by atoms with E-state index < -0.39 is 17.7 Å². The van der Waals surface area contributed by atoms with Gasteiger partial charge in [0.05, 0.1) is 18.2 Å². The molecule has 1 amide bonds.